The lowest BCUT2D eigenvalue weighted by Crippen LogP contribution is -2.47. The van der Waals surface area contributed by atoms with Crippen LogP contribution >= 0.6 is 0 Å². The largest absolute Gasteiger partial charge is 0.312 e. The van der Waals surface area contributed by atoms with Crippen LogP contribution in [0, 0.1) is 17.0 Å². The monoisotopic (exact) mass is 296 g/mol. The zero-order chi connectivity index (χ0) is 15.6. The van der Waals surface area contributed by atoms with Gasteiger partial charge in [-0.25, -0.2) is 8.78 Å². The zero-order valence-electron chi connectivity index (χ0n) is 13.4. The second-order valence-electron chi connectivity index (χ2n) is 7.18. The second kappa shape index (κ2) is 6.41. The standard InChI is InChI=1S/C17H26F2N2/c1-12-7-8-20-16(17(2,3)4)11-21(12)10-13-9-14(18)5-6-15(13)19/h5-6,9,12,16,20H,7-8,10-11H2,1-4H3. The minimum Gasteiger partial charge on any atom is -0.312 e. The lowest BCUT2D eigenvalue weighted by Gasteiger charge is -2.35. The van der Waals surface area contributed by atoms with Crippen molar-refractivity contribution in [2.24, 2.45) is 5.41 Å². The van der Waals surface area contributed by atoms with Crippen molar-refractivity contribution in [2.75, 3.05) is 13.1 Å². The maximum atomic E-state index is 13.9. The number of hydrogen-bond acceptors (Lipinski definition) is 2. The quantitative estimate of drug-likeness (QED) is 0.897. The van der Waals surface area contributed by atoms with E-state index >= 15 is 0 Å². The van der Waals surface area contributed by atoms with E-state index in [1.807, 2.05) is 0 Å². The molecule has 0 aliphatic carbocycles. The Kier molecular flexibility index (Phi) is 4.99. The van der Waals surface area contributed by atoms with Gasteiger partial charge in [0.1, 0.15) is 11.6 Å². The summed E-state index contributed by atoms with van der Waals surface area (Å²) in [5, 5.41) is 3.58. The highest BCUT2D eigenvalue weighted by Gasteiger charge is 2.30. The second-order valence-corrected chi connectivity index (χ2v) is 7.18. The summed E-state index contributed by atoms with van der Waals surface area (Å²) in [6.07, 6.45) is 1.02. The average Bonchev–Trinajstić information content (AvgIpc) is 2.56. The Bertz CT molecular complexity index is 482. The van der Waals surface area contributed by atoms with Crippen molar-refractivity contribution in [3.05, 3.63) is 35.4 Å². The highest BCUT2D eigenvalue weighted by atomic mass is 19.1. The fourth-order valence-corrected chi connectivity index (χ4v) is 2.81. The van der Waals surface area contributed by atoms with Gasteiger partial charge in [-0.05, 0) is 43.5 Å². The van der Waals surface area contributed by atoms with Gasteiger partial charge in [0.25, 0.3) is 0 Å². The normalized spacial score (nSPS) is 24.9. The van der Waals surface area contributed by atoms with Gasteiger partial charge in [-0.2, -0.15) is 0 Å². The number of hydrogen-bond donors (Lipinski definition) is 1. The van der Waals surface area contributed by atoms with Crippen molar-refractivity contribution in [1.82, 2.24) is 10.2 Å². The molecule has 1 aliphatic heterocycles. The van der Waals surface area contributed by atoms with E-state index in [2.05, 4.69) is 37.9 Å². The van der Waals surface area contributed by atoms with Crippen molar-refractivity contribution < 1.29 is 8.78 Å². The first-order chi connectivity index (χ1) is 9.77. The molecular formula is C17H26F2N2. The van der Waals surface area contributed by atoms with Gasteiger partial charge in [-0.15, -0.1) is 0 Å². The number of halogens is 2. The summed E-state index contributed by atoms with van der Waals surface area (Å²) in [5.41, 5.74) is 0.583. The Balaban J connectivity index is 2.17. The first-order valence-electron chi connectivity index (χ1n) is 7.68. The molecular weight excluding hydrogens is 270 g/mol. The van der Waals surface area contributed by atoms with Gasteiger partial charge >= 0.3 is 0 Å². The molecule has 0 amide bonds. The minimum atomic E-state index is -0.376. The van der Waals surface area contributed by atoms with Crippen LogP contribution < -0.4 is 5.32 Å². The molecule has 1 saturated heterocycles. The molecule has 0 bridgehead atoms. The molecule has 1 heterocycles. The molecule has 2 atom stereocenters. The Morgan fingerprint density at radius 2 is 2.00 bits per heavy atom. The van der Waals surface area contributed by atoms with E-state index in [9.17, 15) is 8.78 Å². The Hall–Kier alpha value is -1.00. The third-order valence-corrected chi connectivity index (χ3v) is 4.42. The van der Waals surface area contributed by atoms with E-state index in [-0.39, 0.29) is 17.0 Å². The van der Waals surface area contributed by atoms with Crippen LogP contribution in [-0.2, 0) is 6.54 Å². The van der Waals surface area contributed by atoms with Crippen LogP contribution in [0.25, 0.3) is 0 Å². The molecule has 0 spiro atoms. The summed E-state index contributed by atoms with van der Waals surface area (Å²) in [5.74, 6) is -0.701. The molecule has 2 rings (SSSR count). The van der Waals surface area contributed by atoms with E-state index in [1.165, 1.54) is 18.2 Å². The molecule has 2 nitrogen and oxygen atoms in total. The minimum absolute atomic E-state index is 0.142. The first kappa shape index (κ1) is 16.4. The van der Waals surface area contributed by atoms with E-state index in [0.29, 0.717) is 24.2 Å². The maximum absolute atomic E-state index is 13.9. The molecule has 118 valence electrons. The summed E-state index contributed by atoms with van der Waals surface area (Å²) in [6.45, 7) is 11.1. The molecule has 0 radical (unpaired) electrons. The van der Waals surface area contributed by atoms with Gasteiger partial charge in [0.15, 0.2) is 0 Å². The Morgan fingerprint density at radius 1 is 1.29 bits per heavy atom. The molecule has 1 aromatic carbocycles. The summed E-state index contributed by atoms with van der Waals surface area (Å²) >= 11 is 0. The molecule has 21 heavy (non-hydrogen) atoms. The highest BCUT2D eigenvalue weighted by Crippen LogP contribution is 2.25. The molecule has 2 unspecified atom stereocenters. The van der Waals surface area contributed by atoms with Crippen LogP contribution in [0.3, 0.4) is 0 Å². The van der Waals surface area contributed by atoms with Crippen molar-refractivity contribution in [1.29, 1.82) is 0 Å². The number of nitrogens with zero attached hydrogens (tertiary/aromatic N) is 1. The first-order valence-corrected chi connectivity index (χ1v) is 7.68. The highest BCUT2D eigenvalue weighted by molar-refractivity contribution is 5.18. The van der Waals surface area contributed by atoms with Gasteiger partial charge < -0.3 is 5.32 Å². The summed E-state index contributed by atoms with van der Waals surface area (Å²) in [4.78, 5) is 2.26. The summed E-state index contributed by atoms with van der Waals surface area (Å²) in [6, 6.07) is 4.40. The third-order valence-electron chi connectivity index (χ3n) is 4.42. The molecule has 1 aromatic rings. The van der Waals surface area contributed by atoms with Crippen LogP contribution in [0.15, 0.2) is 18.2 Å². The van der Waals surface area contributed by atoms with Crippen LogP contribution in [0.1, 0.15) is 39.7 Å². The van der Waals surface area contributed by atoms with Gasteiger partial charge in [-0.3, -0.25) is 4.90 Å². The predicted molar refractivity (Wildman–Crippen MR) is 82.1 cm³/mol. The van der Waals surface area contributed by atoms with Crippen LogP contribution in [0.4, 0.5) is 8.78 Å². The maximum Gasteiger partial charge on any atom is 0.127 e. The number of rotatable bonds is 2. The van der Waals surface area contributed by atoms with Crippen molar-refractivity contribution in [2.45, 2.75) is 52.7 Å². The topological polar surface area (TPSA) is 15.3 Å². The van der Waals surface area contributed by atoms with Crippen molar-refractivity contribution in [3.63, 3.8) is 0 Å². The molecule has 1 aliphatic rings. The van der Waals surface area contributed by atoms with Crippen LogP contribution in [-0.4, -0.2) is 30.1 Å². The molecule has 0 saturated carbocycles. The van der Waals surface area contributed by atoms with Gasteiger partial charge in [0.2, 0.25) is 0 Å². The zero-order valence-corrected chi connectivity index (χ0v) is 13.4. The lowest BCUT2D eigenvalue weighted by molar-refractivity contribution is 0.156. The van der Waals surface area contributed by atoms with Gasteiger partial charge in [0.05, 0.1) is 0 Å². The summed E-state index contributed by atoms with van der Waals surface area (Å²) in [7, 11) is 0. The summed E-state index contributed by atoms with van der Waals surface area (Å²) < 4.78 is 27.2. The van der Waals surface area contributed by atoms with Gasteiger partial charge in [0, 0.05) is 30.7 Å². The Morgan fingerprint density at radius 3 is 2.67 bits per heavy atom. The third kappa shape index (κ3) is 4.24. The van der Waals surface area contributed by atoms with E-state index < -0.39 is 0 Å². The van der Waals surface area contributed by atoms with E-state index in [0.717, 1.165) is 19.5 Å². The molecule has 0 aromatic heterocycles. The average molecular weight is 296 g/mol. The molecule has 1 N–H and O–H groups in total. The van der Waals surface area contributed by atoms with Crippen LogP contribution in [0.5, 0.6) is 0 Å². The number of benzene rings is 1. The predicted octanol–water partition coefficient (Wildman–Crippen LogP) is 3.56. The number of nitrogens with one attached hydrogen (secondary N) is 1. The SMILES string of the molecule is CC1CCNC(C(C)(C)C)CN1Cc1cc(F)ccc1F. The fraction of sp³-hybridized carbons (Fsp3) is 0.647. The van der Waals surface area contributed by atoms with E-state index in [4.69, 9.17) is 0 Å². The molecule has 1 fully saturated rings. The van der Waals surface area contributed by atoms with Gasteiger partial charge in [-0.1, -0.05) is 20.8 Å². The van der Waals surface area contributed by atoms with Crippen molar-refractivity contribution in [3.8, 4) is 0 Å². The van der Waals surface area contributed by atoms with E-state index in [1.54, 1.807) is 0 Å². The lowest BCUT2D eigenvalue weighted by atomic mass is 9.86. The smallest absolute Gasteiger partial charge is 0.127 e. The van der Waals surface area contributed by atoms with Crippen molar-refractivity contribution >= 4 is 0 Å². The molecule has 4 heteroatoms. The van der Waals surface area contributed by atoms with Crippen LogP contribution in [0.2, 0.25) is 0 Å². The Labute approximate surface area is 126 Å². The fourth-order valence-electron chi connectivity index (χ4n) is 2.81.